The van der Waals surface area contributed by atoms with Gasteiger partial charge in [0.1, 0.15) is 17.7 Å². The number of esters is 2. The third kappa shape index (κ3) is 18.4. The average Bonchev–Trinajstić information content (AvgIpc) is 3.45. The number of rotatable bonds is 29. The van der Waals surface area contributed by atoms with Crippen LogP contribution in [0.4, 0.5) is 5.95 Å². The van der Waals surface area contributed by atoms with Gasteiger partial charge in [0.15, 0.2) is 5.65 Å². The minimum Gasteiger partial charge on any atom is -0.466 e. The quantitative estimate of drug-likeness (QED) is 0.0648. The molecule has 2 aromatic heterocycles. The number of unbranched alkanes of at least 4 members (excludes halogenated alkanes) is 18. The number of nitrogens with two attached hydrogens (primary N) is 2. The van der Waals surface area contributed by atoms with E-state index in [0.29, 0.717) is 37.0 Å². The first-order valence-corrected chi connectivity index (χ1v) is 18.9. The maximum absolute atomic E-state index is 12.6. The molecule has 2 heterocycles. The number of hydrogen-bond donors (Lipinski definition) is 2. The Hall–Kier alpha value is -2.75. The van der Waals surface area contributed by atoms with Crippen LogP contribution in [-0.2, 0) is 25.6 Å². The zero-order valence-electron chi connectivity index (χ0n) is 29.9. The van der Waals surface area contributed by atoms with Gasteiger partial charge in [-0.2, -0.15) is 4.98 Å². The van der Waals surface area contributed by atoms with Crippen LogP contribution in [0.2, 0.25) is 0 Å². The van der Waals surface area contributed by atoms with E-state index in [1.807, 2.05) is 18.4 Å². The lowest BCUT2D eigenvalue weighted by molar-refractivity contribution is -0.154. The molecule has 0 aliphatic carbocycles. The number of hydrogen-bond acceptors (Lipinski definition) is 9. The van der Waals surface area contributed by atoms with Crippen molar-refractivity contribution in [2.75, 3.05) is 12.3 Å². The first-order valence-electron chi connectivity index (χ1n) is 18.9. The lowest BCUT2D eigenvalue weighted by Crippen LogP contribution is -2.39. The number of imidazole rings is 1. The van der Waals surface area contributed by atoms with Gasteiger partial charge in [0.25, 0.3) is 0 Å². The highest BCUT2D eigenvalue weighted by Crippen LogP contribution is 2.17. The van der Waals surface area contributed by atoms with Gasteiger partial charge in [0, 0.05) is 25.8 Å². The van der Waals surface area contributed by atoms with Gasteiger partial charge in [-0.1, -0.05) is 136 Å². The van der Waals surface area contributed by atoms with E-state index >= 15 is 0 Å². The van der Waals surface area contributed by atoms with Crippen LogP contribution in [0.15, 0.2) is 12.5 Å². The van der Waals surface area contributed by atoms with E-state index < -0.39 is 18.1 Å². The van der Waals surface area contributed by atoms with E-state index in [0.717, 1.165) is 12.8 Å². The minimum atomic E-state index is -0.712. The van der Waals surface area contributed by atoms with Crippen LogP contribution in [0, 0.1) is 5.92 Å². The first kappa shape index (κ1) is 40.4. The normalized spacial score (nSPS) is 12.9. The molecule has 10 heteroatoms. The predicted molar refractivity (Wildman–Crippen MR) is 191 cm³/mol. The first-order chi connectivity index (χ1) is 22.8. The van der Waals surface area contributed by atoms with Crippen molar-refractivity contribution in [2.45, 2.75) is 181 Å². The zero-order valence-corrected chi connectivity index (χ0v) is 29.9. The van der Waals surface area contributed by atoms with Gasteiger partial charge in [-0.25, -0.2) is 9.97 Å². The lowest BCUT2D eigenvalue weighted by atomic mass is 10.0. The van der Waals surface area contributed by atoms with Crippen molar-refractivity contribution in [1.29, 1.82) is 0 Å². The van der Waals surface area contributed by atoms with Gasteiger partial charge < -0.3 is 25.5 Å². The van der Waals surface area contributed by atoms with E-state index in [2.05, 4.69) is 21.9 Å². The molecule has 2 atom stereocenters. The van der Waals surface area contributed by atoms with Gasteiger partial charge in [-0.05, 0) is 12.3 Å². The SMILES string of the molecule is CCCCCCCCCCCCCCCCCCCCCC(=O)OCCC(CCn1cnc2cnc(N)nc21)OC(=O)[C@@H](N)C(C)C. The van der Waals surface area contributed by atoms with E-state index in [1.165, 1.54) is 109 Å². The molecule has 4 N–H and O–H groups in total. The number of fused-ring (bicyclic) bond motifs is 1. The lowest BCUT2D eigenvalue weighted by Gasteiger charge is -2.22. The maximum atomic E-state index is 12.6. The van der Waals surface area contributed by atoms with Crippen molar-refractivity contribution in [3.05, 3.63) is 12.5 Å². The van der Waals surface area contributed by atoms with Crippen LogP contribution in [0.1, 0.15) is 162 Å². The highest BCUT2D eigenvalue weighted by atomic mass is 16.6. The number of nitrogens with zero attached hydrogens (tertiary/aromatic N) is 4. The molecule has 0 aliphatic rings. The summed E-state index contributed by atoms with van der Waals surface area (Å²) in [4.78, 5) is 37.5. The highest BCUT2D eigenvalue weighted by Gasteiger charge is 2.23. The summed E-state index contributed by atoms with van der Waals surface area (Å²) in [5.74, 6) is -0.527. The van der Waals surface area contributed by atoms with Gasteiger partial charge in [0.2, 0.25) is 5.95 Å². The number of carbonyl (C=O) groups is 2. The van der Waals surface area contributed by atoms with E-state index in [9.17, 15) is 9.59 Å². The molecule has 2 rings (SSSR count). The van der Waals surface area contributed by atoms with Crippen LogP contribution in [0.3, 0.4) is 0 Å². The van der Waals surface area contributed by atoms with Crippen molar-refractivity contribution in [1.82, 2.24) is 19.5 Å². The van der Waals surface area contributed by atoms with Gasteiger partial charge >= 0.3 is 11.9 Å². The number of anilines is 1. The van der Waals surface area contributed by atoms with Gasteiger partial charge in [-0.3, -0.25) is 9.59 Å². The smallest absolute Gasteiger partial charge is 0.323 e. The third-order valence-corrected chi connectivity index (χ3v) is 9.03. The largest absolute Gasteiger partial charge is 0.466 e. The Bertz CT molecular complexity index is 1110. The van der Waals surface area contributed by atoms with Crippen molar-refractivity contribution >= 4 is 29.1 Å². The molecule has 0 aliphatic heterocycles. The fraction of sp³-hybridized carbons (Fsp3) is 0.811. The summed E-state index contributed by atoms with van der Waals surface area (Å²) in [6, 6.07) is -0.712. The predicted octanol–water partition coefficient (Wildman–Crippen LogP) is 8.45. The Morgan fingerprint density at radius 1 is 0.787 bits per heavy atom. The molecule has 0 bridgehead atoms. The second-order valence-corrected chi connectivity index (χ2v) is 13.6. The third-order valence-electron chi connectivity index (χ3n) is 9.03. The summed E-state index contributed by atoms with van der Waals surface area (Å²) in [6.07, 6.45) is 29.2. The van der Waals surface area contributed by atoms with E-state index in [1.54, 1.807) is 12.5 Å². The van der Waals surface area contributed by atoms with Crippen LogP contribution >= 0.6 is 0 Å². The molecule has 47 heavy (non-hydrogen) atoms. The summed E-state index contributed by atoms with van der Waals surface area (Å²) >= 11 is 0. The molecule has 0 spiro atoms. The molecular formula is C37H66N6O4. The summed E-state index contributed by atoms with van der Waals surface area (Å²) in [5, 5.41) is 0. The Morgan fingerprint density at radius 2 is 1.32 bits per heavy atom. The van der Waals surface area contributed by atoms with Crippen LogP contribution in [0.25, 0.3) is 11.2 Å². The van der Waals surface area contributed by atoms with Gasteiger partial charge in [0.05, 0.1) is 19.1 Å². The molecule has 268 valence electrons. The Balaban J connectivity index is 1.51. The minimum absolute atomic E-state index is 0.0440. The molecular weight excluding hydrogens is 592 g/mol. The monoisotopic (exact) mass is 659 g/mol. The van der Waals surface area contributed by atoms with Crippen LogP contribution < -0.4 is 11.5 Å². The standard InChI is InChI=1S/C37H66N6O4/c1-4-5-6-7-8-9-10-11-12-13-14-15-16-17-18-19-20-21-22-23-33(44)46-27-25-31(47-36(45)34(38)30(2)3)24-26-43-29-41-32-28-40-37(39)42-35(32)43/h28-31,34H,4-27,38H2,1-3H3,(H2,39,40,42)/t31?,34-/m0/s1. The Morgan fingerprint density at radius 3 is 1.85 bits per heavy atom. The fourth-order valence-corrected chi connectivity index (χ4v) is 5.82. The molecule has 1 unspecified atom stereocenters. The topological polar surface area (TPSA) is 148 Å². The number of aryl methyl sites for hydroxylation is 1. The Labute approximate surface area is 284 Å². The fourth-order valence-electron chi connectivity index (χ4n) is 5.82. The maximum Gasteiger partial charge on any atom is 0.323 e. The highest BCUT2D eigenvalue weighted by molar-refractivity contribution is 5.76. The molecule has 0 amide bonds. The van der Waals surface area contributed by atoms with E-state index in [-0.39, 0.29) is 24.4 Å². The Kier molecular flexibility index (Phi) is 21.8. The molecule has 0 saturated carbocycles. The molecule has 10 nitrogen and oxygen atoms in total. The van der Waals surface area contributed by atoms with Crippen LogP contribution in [0.5, 0.6) is 0 Å². The average molecular weight is 659 g/mol. The van der Waals surface area contributed by atoms with E-state index in [4.69, 9.17) is 20.9 Å². The number of aromatic nitrogens is 4. The molecule has 0 fully saturated rings. The molecule has 0 radical (unpaired) electrons. The van der Waals surface area contributed by atoms with Crippen LogP contribution in [-0.4, -0.2) is 50.2 Å². The summed E-state index contributed by atoms with van der Waals surface area (Å²) in [5.41, 5.74) is 13.0. The summed E-state index contributed by atoms with van der Waals surface area (Å²) < 4.78 is 13.1. The van der Waals surface area contributed by atoms with Gasteiger partial charge in [-0.15, -0.1) is 0 Å². The van der Waals surface area contributed by atoms with Crippen molar-refractivity contribution in [2.24, 2.45) is 11.7 Å². The molecule has 0 aromatic carbocycles. The summed E-state index contributed by atoms with van der Waals surface area (Å²) in [6.45, 7) is 6.72. The summed E-state index contributed by atoms with van der Waals surface area (Å²) in [7, 11) is 0. The second kappa shape index (κ2) is 25.3. The van der Waals surface area contributed by atoms with Crippen molar-refractivity contribution in [3.8, 4) is 0 Å². The molecule has 2 aromatic rings. The molecule has 0 saturated heterocycles. The van der Waals surface area contributed by atoms with Crippen molar-refractivity contribution in [3.63, 3.8) is 0 Å². The van der Waals surface area contributed by atoms with Crippen molar-refractivity contribution < 1.29 is 19.1 Å². The second-order valence-electron chi connectivity index (χ2n) is 13.6. The number of ether oxygens (including phenoxy) is 2. The zero-order chi connectivity index (χ0) is 34.1. The number of carbonyl (C=O) groups excluding carboxylic acids is 2. The number of nitrogen functional groups attached to an aromatic ring is 1.